The molecule has 0 radical (unpaired) electrons. The van der Waals surface area contributed by atoms with E-state index in [-0.39, 0.29) is 39.9 Å². The number of carbonyl (C=O) groups is 1. The Balaban J connectivity index is 1.18. The third kappa shape index (κ3) is 8.55. The number of piperidine rings is 1. The first-order chi connectivity index (χ1) is 18.4. The number of carbonyl (C=O) groups excluding carboxylic acids is 1. The van der Waals surface area contributed by atoms with E-state index in [1.54, 1.807) is 12.1 Å². The number of likely N-dealkylation sites (tertiary alicyclic amines) is 1. The summed E-state index contributed by atoms with van der Waals surface area (Å²) in [4.78, 5) is 20.1. The summed E-state index contributed by atoms with van der Waals surface area (Å²) in [6.45, 7) is 14.7. The summed E-state index contributed by atoms with van der Waals surface area (Å²) in [6, 6.07) is 15.5. The summed E-state index contributed by atoms with van der Waals surface area (Å²) >= 11 is -0.104. The predicted molar refractivity (Wildman–Crippen MR) is 155 cm³/mol. The number of rotatable bonds is 7. The molecule has 2 aliphatic heterocycles. The molecule has 1 N–H and O–H groups in total. The highest BCUT2D eigenvalue weighted by Crippen LogP contribution is 2.37. The second kappa shape index (κ2) is 12.4. The van der Waals surface area contributed by atoms with Gasteiger partial charge in [0.2, 0.25) is 5.91 Å². The first-order valence-electron chi connectivity index (χ1n) is 13.9. The quantitative estimate of drug-likeness (QED) is 0.393. The summed E-state index contributed by atoms with van der Waals surface area (Å²) in [5.74, 6) is 0.160. The van der Waals surface area contributed by atoms with E-state index in [0.29, 0.717) is 13.1 Å². The number of alkyl halides is 3. The topological polar surface area (TPSA) is 38.8 Å². The predicted octanol–water partition coefficient (Wildman–Crippen LogP) is 6.46. The van der Waals surface area contributed by atoms with Crippen molar-refractivity contribution in [3.8, 4) is 0 Å². The van der Waals surface area contributed by atoms with E-state index in [2.05, 4.69) is 60.2 Å². The number of nitrogens with one attached hydrogen (secondary N) is 1. The molecule has 39 heavy (non-hydrogen) atoms. The van der Waals surface area contributed by atoms with E-state index in [4.69, 9.17) is 0 Å². The second-order valence-corrected chi connectivity index (χ2v) is 12.9. The third-order valence-corrected chi connectivity index (χ3v) is 8.43. The molecular weight excluding hydrogens is 521 g/mol. The van der Waals surface area contributed by atoms with Crippen LogP contribution in [0.3, 0.4) is 0 Å². The van der Waals surface area contributed by atoms with Gasteiger partial charge in [0, 0.05) is 74.0 Å². The van der Waals surface area contributed by atoms with Gasteiger partial charge in [-0.15, -0.1) is 0 Å². The number of hydrogen-bond acceptors (Lipinski definition) is 5. The van der Waals surface area contributed by atoms with Crippen LogP contribution in [-0.2, 0) is 10.2 Å². The van der Waals surface area contributed by atoms with Crippen LogP contribution < -0.4 is 10.2 Å². The zero-order chi connectivity index (χ0) is 28.2. The van der Waals surface area contributed by atoms with Crippen molar-refractivity contribution >= 4 is 29.0 Å². The molecule has 5 nitrogen and oxygen atoms in total. The Morgan fingerprint density at radius 2 is 1.51 bits per heavy atom. The van der Waals surface area contributed by atoms with Gasteiger partial charge in [-0.2, -0.15) is 13.2 Å². The molecule has 9 heteroatoms. The Hall–Kier alpha value is -2.39. The Kier molecular flexibility index (Phi) is 9.42. The zero-order valence-electron chi connectivity index (χ0n) is 23.4. The highest BCUT2D eigenvalue weighted by molar-refractivity contribution is 8.00. The maximum atomic E-state index is 13.2. The van der Waals surface area contributed by atoms with Crippen LogP contribution in [0.5, 0.6) is 0 Å². The van der Waals surface area contributed by atoms with Gasteiger partial charge in [-0.3, -0.25) is 9.69 Å². The van der Waals surface area contributed by atoms with Gasteiger partial charge in [-0.1, -0.05) is 39.8 Å². The van der Waals surface area contributed by atoms with E-state index in [9.17, 15) is 18.0 Å². The highest BCUT2D eigenvalue weighted by Gasteiger charge is 2.30. The van der Waals surface area contributed by atoms with Crippen molar-refractivity contribution in [1.82, 2.24) is 9.80 Å². The highest BCUT2D eigenvalue weighted by atomic mass is 32.2. The minimum absolute atomic E-state index is 0.0502. The van der Waals surface area contributed by atoms with E-state index in [0.717, 1.165) is 51.3 Å². The fraction of sp³-hybridized carbons (Fsp3) is 0.567. The lowest BCUT2D eigenvalue weighted by molar-refractivity contribution is -0.136. The molecule has 0 bridgehead atoms. The fourth-order valence-corrected chi connectivity index (χ4v) is 5.91. The molecule has 1 atom stereocenters. The van der Waals surface area contributed by atoms with Crippen molar-refractivity contribution in [2.75, 3.05) is 56.0 Å². The van der Waals surface area contributed by atoms with Crippen molar-refractivity contribution < 1.29 is 18.0 Å². The molecule has 4 rings (SSSR count). The van der Waals surface area contributed by atoms with Crippen LogP contribution in [0.4, 0.5) is 24.5 Å². The zero-order valence-corrected chi connectivity index (χ0v) is 24.2. The maximum absolute atomic E-state index is 13.2. The monoisotopic (exact) mass is 562 g/mol. The van der Waals surface area contributed by atoms with Crippen molar-refractivity contribution in [1.29, 1.82) is 0 Å². The largest absolute Gasteiger partial charge is 0.446 e. The first kappa shape index (κ1) is 29.6. The molecule has 2 fully saturated rings. The molecule has 2 saturated heterocycles. The van der Waals surface area contributed by atoms with Gasteiger partial charge in [0.25, 0.3) is 0 Å². The van der Waals surface area contributed by atoms with Gasteiger partial charge < -0.3 is 15.1 Å². The van der Waals surface area contributed by atoms with Crippen LogP contribution in [-0.4, -0.2) is 73.1 Å². The Morgan fingerprint density at radius 1 is 0.923 bits per heavy atom. The number of amides is 1. The maximum Gasteiger partial charge on any atom is 0.446 e. The number of anilines is 2. The molecule has 2 aromatic rings. The fourth-order valence-electron chi connectivity index (χ4n) is 5.37. The van der Waals surface area contributed by atoms with Crippen molar-refractivity contribution in [3.63, 3.8) is 0 Å². The molecule has 0 aromatic heterocycles. The van der Waals surface area contributed by atoms with E-state index < -0.39 is 5.51 Å². The summed E-state index contributed by atoms with van der Waals surface area (Å²) < 4.78 is 37.6. The number of nitrogens with zero attached hydrogens (tertiary/aromatic N) is 3. The minimum Gasteiger partial charge on any atom is -0.382 e. The third-order valence-electron chi connectivity index (χ3n) is 7.69. The molecule has 2 aromatic carbocycles. The van der Waals surface area contributed by atoms with E-state index in [1.165, 1.54) is 23.4 Å². The van der Waals surface area contributed by atoms with Gasteiger partial charge >= 0.3 is 5.51 Å². The second-order valence-electron chi connectivity index (χ2n) is 11.8. The van der Waals surface area contributed by atoms with E-state index >= 15 is 0 Å². The first-order valence-corrected chi connectivity index (χ1v) is 14.7. The number of halogens is 3. The van der Waals surface area contributed by atoms with Crippen molar-refractivity contribution in [2.24, 2.45) is 5.92 Å². The van der Waals surface area contributed by atoms with Gasteiger partial charge in [0.05, 0.1) is 0 Å². The lowest BCUT2D eigenvalue weighted by atomic mass is 9.87. The number of piperazine rings is 1. The van der Waals surface area contributed by atoms with Crippen LogP contribution in [0.15, 0.2) is 53.4 Å². The molecular formula is C30H41F3N4OS. The van der Waals surface area contributed by atoms with Crippen LogP contribution in [0.25, 0.3) is 0 Å². The number of thioether (sulfide) groups is 1. The molecule has 1 unspecified atom stereocenters. The summed E-state index contributed by atoms with van der Waals surface area (Å²) in [5, 5.41) is 3.41. The number of hydrogen-bond donors (Lipinski definition) is 1. The summed E-state index contributed by atoms with van der Waals surface area (Å²) in [6.07, 6.45) is 1.65. The summed E-state index contributed by atoms with van der Waals surface area (Å²) in [5.41, 5.74) is -0.712. The van der Waals surface area contributed by atoms with E-state index in [1.807, 2.05) is 11.8 Å². The SMILES string of the molecule is CC(CN1CCN(c2ccc(C(C)(C)C)cc2)CC1)C(=O)N1CCC(Nc2ccc(SC(F)(F)F)cc2)CC1. The van der Waals surface area contributed by atoms with Crippen LogP contribution in [0.2, 0.25) is 0 Å². The molecule has 2 aliphatic rings. The average molecular weight is 563 g/mol. The van der Waals surface area contributed by atoms with Crippen molar-refractivity contribution in [3.05, 3.63) is 54.1 Å². The minimum atomic E-state index is -4.28. The van der Waals surface area contributed by atoms with Crippen LogP contribution in [0, 0.1) is 5.92 Å². The molecule has 0 saturated carbocycles. The van der Waals surface area contributed by atoms with Crippen LogP contribution >= 0.6 is 11.8 Å². The van der Waals surface area contributed by atoms with Gasteiger partial charge in [0.1, 0.15) is 0 Å². The van der Waals surface area contributed by atoms with Gasteiger partial charge in [-0.25, -0.2) is 0 Å². The van der Waals surface area contributed by atoms with Crippen molar-refractivity contribution in [2.45, 2.75) is 62.4 Å². The lowest BCUT2D eigenvalue weighted by Gasteiger charge is -2.38. The molecule has 0 aliphatic carbocycles. The van der Waals surface area contributed by atoms with Gasteiger partial charge in [0.15, 0.2) is 0 Å². The smallest absolute Gasteiger partial charge is 0.382 e. The molecule has 0 spiro atoms. The van der Waals surface area contributed by atoms with Crippen LogP contribution in [0.1, 0.15) is 46.1 Å². The normalized spacial score (nSPS) is 18.7. The molecule has 1 amide bonds. The molecule has 2 heterocycles. The molecule has 214 valence electrons. The Bertz CT molecular complexity index is 1070. The standard InChI is InChI=1S/C30H41F3N4OS/c1-22(21-35-17-19-36(20-18-35)26-9-5-23(6-10-26)29(2,3)4)28(38)37-15-13-25(14-16-37)34-24-7-11-27(12-8-24)39-30(31,32)33/h5-12,22,25,34H,13-21H2,1-4H3. The summed E-state index contributed by atoms with van der Waals surface area (Å²) in [7, 11) is 0. The lowest BCUT2D eigenvalue weighted by Crippen LogP contribution is -2.50. The Morgan fingerprint density at radius 3 is 2.05 bits per heavy atom. The van der Waals surface area contributed by atoms with Gasteiger partial charge in [-0.05, 0) is 72.0 Å². The Labute approximate surface area is 235 Å². The average Bonchev–Trinajstić information content (AvgIpc) is 2.89. The number of benzene rings is 2.